The minimum atomic E-state index is -1.14. The fraction of sp³-hybridized carbons (Fsp3) is 0.200. The van der Waals surface area contributed by atoms with E-state index in [1.54, 1.807) is 0 Å². The molecule has 0 aliphatic heterocycles. The number of alkyl halides is 1. The molecule has 68 valence electrons. The number of hydrogen-bond acceptors (Lipinski definition) is 2. The maximum absolute atomic E-state index is 13.2. The third kappa shape index (κ3) is 1.31. The molecule has 13 heavy (non-hydrogen) atoms. The molecule has 0 aliphatic carbocycles. The molecule has 2 aromatic rings. The maximum Gasteiger partial charge on any atom is 0.141 e. The van der Waals surface area contributed by atoms with Crippen LogP contribution in [-0.4, -0.2) is 6.54 Å². The van der Waals surface area contributed by atoms with Gasteiger partial charge in [-0.3, -0.25) is 0 Å². The minimum absolute atomic E-state index is 0.0104. The van der Waals surface area contributed by atoms with Gasteiger partial charge >= 0.3 is 0 Å². The second kappa shape index (κ2) is 3.18. The smallest absolute Gasteiger partial charge is 0.141 e. The molecule has 1 heterocycles. The quantitative estimate of drug-likeness (QED) is 0.768. The van der Waals surface area contributed by atoms with Gasteiger partial charge in [0.2, 0.25) is 0 Å². The molecule has 1 unspecified atom stereocenters. The first-order valence-corrected chi connectivity index (χ1v) is 4.13. The fourth-order valence-corrected chi connectivity index (χ4v) is 1.37. The lowest BCUT2D eigenvalue weighted by molar-refractivity contribution is 0.352. The van der Waals surface area contributed by atoms with Crippen molar-refractivity contribution in [3.8, 4) is 0 Å². The van der Waals surface area contributed by atoms with E-state index in [4.69, 9.17) is 10.2 Å². The summed E-state index contributed by atoms with van der Waals surface area (Å²) in [5, 5.41) is 0.806. The zero-order valence-corrected chi connectivity index (χ0v) is 7.03. The van der Waals surface area contributed by atoms with E-state index < -0.39 is 6.17 Å². The topological polar surface area (TPSA) is 39.2 Å². The van der Waals surface area contributed by atoms with Crippen molar-refractivity contribution in [2.75, 3.05) is 6.54 Å². The summed E-state index contributed by atoms with van der Waals surface area (Å²) in [5.74, 6) is 0. The summed E-state index contributed by atoms with van der Waals surface area (Å²) in [5.41, 5.74) is 6.48. The summed E-state index contributed by atoms with van der Waals surface area (Å²) in [7, 11) is 0. The zero-order chi connectivity index (χ0) is 9.26. The van der Waals surface area contributed by atoms with Gasteiger partial charge in [0.25, 0.3) is 0 Å². The molecule has 3 heteroatoms. The molecular weight excluding hydrogens is 169 g/mol. The van der Waals surface area contributed by atoms with Gasteiger partial charge in [-0.25, -0.2) is 4.39 Å². The lowest BCUT2D eigenvalue weighted by Crippen LogP contribution is -2.06. The number of halogens is 1. The molecule has 2 N–H and O–H groups in total. The molecule has 0 saturated heterocycles. The highest BCUT2D eigenvalue weighted by atomic mass is 19.1. The number of furan rings is 1. The van der Waals surface area contributed by atoms with E-state index in [0.29, 0.717) is 11.1 Å². The monoisotopic (exact) mass is 179 g/mol. The molecular formula is C10H10FNO. The lowest BCUT2D eigenvalue weighted by atomic mass is 10.1. The number of hydrogen-bond donors (Lipinski definition) is 1. The Hall–Kier alpha value is -1.35. The van der Waals surface area contributed by atoms with E-state index in [-0.39, 0.29) is 6.54 Å². The highest BCUT2D eigenvalue weighted by Crippen LogP contribution is 2.27. The standard InChI is InChI=1S/C10H10FNO/c11-9(5-12)8-6-13-10-4-2-1-3-7(8)10/h1-4,6,9H,5,12H2. The summed E-state index contributed by atoms with van der Waals surface area (Å²) in [6, 6.07) is 7.34. The second-order valence-corrected chi connectivity index (χ2v) is 2.89. The number of rotatable bonds is 2. The molecule has 1 aromatic carbocycles. The van der Waals surface area contributed by atoms with E-state index in [0.717, 1.165) is 5.39 Å². The van der Waals surface area contributed by atoms with Gasteiger partial charge in [0, 0.05) is 17.5 Å². The van der Waals surface area contributed by atoms with E-state index in [1.165, 1.54) is 6.26 Å². The van der Waals surface area contributed by atoms with Crippen molar-refractivity contribution in [3.05, 3.63) is 36.1 Å². The average Bonchev–Trinajstić information content (AvgIpc) is 2.60. The SMILES string of the molecule is NCC(F)c1coc2ccccc12. The Morgan fingerprint density at radius 1 is 1.38 bits per heavy atom. The summed E-state index contributed by atoms with van der Waals surface area (Å²) in [4.78, 5) is 0. The van der Waals surface area contributed by atoms with Crippen LogP contribution in [0.25, 0.3) is 11.0 Å². The van der Waals surface area contributed by atoms with Crippen LogP contribution < -0.4 is 5.73 Å². The van der Waals surface area contributed by atoms with Gasteiger partial charge in [0.1, 0.15) is 11.8 Å². The third-order valence-electron chi connectivity index (χ3n) is 2.06. The average molecular weight is 179 g/mol. The summed E-state index contributed by atoms with van der Waals surface area (Å²) in [6.07, 6.45) is 0.297. The Morgan fingerprint density at radius 3 is 2.92 bits per heavy atom. The molecule has 1 aromatic heterocycles. The largest absolute Gasteiger partial charge is 0.464 e. The summed E-state index contributed by atoms with van der Waals surface area (Å²) < 4.78 is 18.4. The molecule has 2 rings (SSSR count). The molecule has 1 atom stereocenters. The fourth-order valence-electron chi connectivity index (χ4n) is 1.37. The van der Waals surface area contributed by atoms with Crippen molar-refractivity contribution in [3.63, 3.8) is 0 Å². The van der Waals surface area contributed by atoms with Crippen LogP contribution in [0.4, 0.5) is 4.39 Å². The van der Waals surface area contributed by atoms with Gasteiger partial charge in [-0.2, -0.15) is 0 Å². The molecule has 0 radical (unpaired) electrons. The zero-order valence-electron chi connectivity index (χ0n) is 7.03. The second-order valence-electron chi connectivity index (χ2n) is 2.89. The van der Waals surface area contributed by atoms with Crippen molar-refractivity contribution in [1.29, 1.82) is 0 Å². The minimum Gasteiger partial charge on any atom is -0.464 e. The van der Waals surface area contributed by atoms with Crippen LogP contribution in [0.1, 0.15) is 11.7 Å². The molecule has 0 amide bonds. The van der Waals surface area contributed by atoms with E-state index >= 15 is 0 Å². The van der Waals surface area contributed by atoms with Crippen molar-refractivity contribution < 1.29 is 8.81 Å². The number of nitrogens with two attached hydrogens (primary N) is 1. The first-order valence-electron chi connectivity index (χ1n) is 4.13. The predicted molar refractivity (Wildman–Crippen MR) is 49.1 cm³/mol. The maximum atomic E-state index is 13.2. The molecule has 0 bridgehead atoms. The third-order valence-corrected chi connectivity index (χ3v) is 2.06. The van der Waals surface area contributed by atoms with Gasteiger partial charge in [-0.15, -0.1) is 0 Å². The summed E-state index contributed by atoms with van der Waals surface area (Å²) >= 11 is 0. The van der Waals surface area contributed by atoms with Crippen LogP contribution in [0.2, 0.25) is 0 Å². The molecule has 0 fully saturated rings. The van der Waals surface area contributed by atoms with Gasteiger partial charge in [0.15, 0.2) is 0 Å². The van der Waals surface area contributed by atoms with E-state index in [1.807, 2.05) is 24.3 Å². The van der Waals surface area contributed by atoms with Crippen LogP contribution >= 0.6 is 0 Å². The first-order chi connectivity index (χ1) is 6.33. The van der Waals surface area contributed by atoms with Gasteiger partial charge in [0.05, 0.1) is 6.26 Å². The van der Waals surface area contributed by atoms with Crippen LogP contribution in [0.3, 0.4) is 0 Å². The highest BCUT2D eigenvalue weighted by Gasteiger charge is 2.13. The number of para-hydroxylation sites is 1. The van der Waals surface area contributed by atoms with Gasteiger partial charge in [-0.05, 0) is 6.07 Å². The van der Waals surface area contributed by atoms with Crippen LogP contribution in [0, 0.1) is 0 Å². The van der Waals surface area contributed by atoms with E-state index in [9.17, 15) is 4.39 Å². The van der Waals surface area contributed by atoms with Gasteiger partial charge < -0.3 is 10.2 Å². The Morgan fingerprint density at radius 2 is 2.15 bits per heavy atom. The molecule has 2 nitrogen and oxygen atoms in total. The Bertz CT molecular complexity index is 410. The first kappa shape index (κ1) is 8.26. The molecule has 0 saturated carbocycles. The van der Waals surface area contributed by atoms with Crippen molar-refractivity contribution in [2.45, 2.75) is 6.17 Å². The number of benzene rings is 1. The predicted octanol–water partition coefficient (Wildman–Crippen LogP) is 2.40. The number of fused-ring (bicyclic) bond motifs is 1. The Labute approximate surface area is 75.1 Å². The summed E-state index contributed by atoms with van der Waals surface area (Å²) in [6.45, 7) is -0.0104. The van der Waals surface area contributed by atoms with Crippen molar-refractivity contribution in [2.24, 2.45) is 5.73 Å². The Balaban J connectivity index is 2.57. The lowest BCUT2D eigenvalue weighted by Gasteiger charge is -2.00. The van der Waals surface area contributed by atoms with Crippen molar-refractivity contribution >= 4 is 11.0 Å². The normalized spacial score (nSPS) is 13.4. The Kier molecular flexibility index (Phi) is 2.02. The van der Waals surface area contributed by atoms with Crippen molar-refractivity contribution in [1.82, 2.24) is 0 Å². The van der Waals surface area contributed by atoms with Crippen LogP contribution in [0.15, 0.2) is 34.9 Å². The van der Waals surface area contributed by atoms with E-state index in [2.05, 4.69) is 0 Å². The van der Waals surface area contributed by atoms with Crippen LogP contribution in [-0.2, 0) is 0 Å². The van der Waals surface area contributed by atoms with Gasteiger partial charge in [-0.1, -0.05) is 18.2 Å². The van der Waals surface area contributed by atoms with Crippen LogP contribution in [0.5, 0.6) is 0 Å². The molecule has 0 aliphatic rings. The highest BCUT2D eigenvalue weighted by molar-refractivity contribution is 5.81. The molecule has 0 spiro atoms.